The van der Waals surface area contributed by atoms with Crippen molar-refractivity contribution in [2.45, 2.75) is 6.36 Å². The van der Waals surface area contributed by atoms with Gasteiger partial charge in [0.25, 0.3) is 0 Å². The fraction of sp³-hybridized carbons (Fsp3) is 0.0588. The summed E-state index contributed by atoms with van der Waals surface area (Å²) in [6.07, 6.45) is -1.95. The summed E-state index contributed by atoms with van der Waals surface area (Å²) in [5.41, 5.74) is 1.37. The lowest BCUT2D eigenvalue weighted by Gasteiger charge is -2.08. The number of hydrogen-bond donors (Lipinski definition) is 0. The van der Waals surface area contributed by atoms with Gasteiger partial charge in [-0.15, -0.1) is 13.2 Å². The summed E-state index contributed by atoms with van der Waals surface area (Å²) in [6.45, 7) is 0. The summed E-state index contributed by atoms with van der Waals surface area (Å²) in [5.74, 6) is -0.759. The molecule has 2 aromatic carbocycles. The van der Waals surface area contributed by atoms with Crippen molar-refractivity contribution in [3.63, 3.8) is 0 Å². The molecule has 0 saturated heterocycles. The second kappa shape index (κ2) is 6.79. The molecule has 0 unspecified atom stereocenters. The first-order valence-corrected chi connectivity index (χ1v) is 6.46. The number of halogens is 3. The van der Waals surface area contributed by atoms with Crippen molar-refractivity contribution in [2.75, 3.05) is 0 Å². The van der Waals surface area contributed by atoms with Crippen LogP contribution in [0.3, 0.4) is 0 Å². The first-order valence-electron chi connectivity index (χ1n) is 6.46. The number of ketones is 1. The second-order valence-electron chi connectivity index (χ2n) is 4.51. The maximum absolute atomic E-state index is 12.0. The molecule has 0 heterocycles. The van der Waals surface area contributed by atoms with E-state index >= 15 is 0 Å². The predicted molar refractivity (Wildman–Crippen MR) is 77.6 cm³/mol. The van der Waals surface area contributed by atoms with Crippen LogP contribution in [-0.4, -0.2) is 12.1 Å². The molecule has 0 saturated carbocycles. The molecule has 6 heteroatoms. The molecule has 0 bridgehead atoms. The minimum atomic E-state index is -4.77. The molecule has 2 rings (SSSR count). The van der Waals surface area contributed by atoms with E-state index in [9.17, 15) is 18.0 Å². The van der Waals surface area contributed by atoms with Crippen LogP contribution in [0.15, 0.2) is 54.6 Å². The normalized spacial score (nSPS) is 11.2. The van der Waals surface area contributed by atoms with Gasteiger partial charge in [-0.05, 0) is 48.0 Å². The third-order valence-electron chi connectivity index (χ3n) is 2.82. The molecule has 0 aliphatic rings. The Labute approximate surface area is 130 Å². The SMILES string of the molecule is N#Cc1cccc(/C=C/C(=O)c2ccc(OC(F)(F)F)cc2)c1. The van der Waals surface area contributed by atoms with E-state index in [0.29, 0.717) is 11.1 Å². The van der Waals surface area contributed by atoms with E-state index < -0.39 is 6.36 Å². The predicted octanol–water partition coefficient (Wildman–Crippen LogP) is 4.35. The quantitative estimate of drug-likeness (QED) is 0.622. The minimum absolute atomic E-state index is 0.229. The Morgan fingerprint density at radius 3 is 2.43 bits per heavy atom. The topological polar surface area (TPSA) is 50.1 Å². The van der Waals surface area contributed by atoms with Crippen molar-refractivity contribution in [3.05, 3.63) is 71.3 Å². The third-order valence-corrected chi connectivity index (χ3v) is 2.82. The number of hydrogen-bond acceptors (Lipinski definition) is 3. The molecule has 0 atom stereocenters. The Kier molecular flexibility index (Phi) is 4.82. The molecule has 0 aliphatic carbocycles. The molecule has 116 valence electrons. The fourth-order valence-corrected chi connectivity index (χ4v) is 1.80. The van der Waals surface area contributed by atoms with Crippen molar-refractivity contribution in [1.29, 1.82) is 5.26 Å². The van der Waals surface area contributed by atoms with Crippen molar-refractivity contribution in [1.82, 2.24) is 0 Å². The van der Waals surface area contributed by atoms with Crippen LogP contribution in [0.25, 0.3) is 6.08 Å². The van der Waals surface area contributed by atoms with Crippen LogP contribution in [0.4, 0.5) is 13.2 Å². The molecule has 23 heavy (non-hydrogen) atoms. The number of carbonyl (C=O) groups is 1. The van der Waals surface area contributed by atoms with Gasteiger partial charge in [-0.25, -0.2) is 0 Å². The Morgan fingerprint density at radius 1 is 1.13 bits per heavy atom. The number of rotatable bonds is 4. The summed E-state index contributed by atoms with van der Waals surface area (Å²) < 4.78 is 39.9. The highest BCUT2D eigenvalue weighted by molar-refractivity contribution is 6.06. The Bertz CT molecular complexity index is 772. The van der Waals surface area contributed by atoms with E-state index in [2.05, 4.69) is 4.74 Å². The molecule has 0 spiro atoms. The number of nitrogens with zero attached hydrogens (tertiary/aromatic N) is 1. The lowest BCUT2D eigenvalue weighted by Crippen LogP contribution is -2.17. The zero-order valence-corrected chi connectivity index (χ0v) is 11.7. The summed E-state index contributed by atoms with van der Waals surface area (Å²) in [6, 6.07) is 13.3. The fourth-order valence-electron chi connectivity index (χ4n) is 1.80. The largest absolute Gasteiger partial charge is 0.573 e. The molecule has 0 fully saturated rings. The van der Waals surface area contributed by atoms with Gasteiger partial charge in [0, 0.05) is 5.56 Å². The Morgan fingerprint density at radius 2 is 1.83 bits per heavy atom. The van der Waals surface area contributed by atoms with Crippen molar-refractivity contribution < 1.29 is 22.7 Å². The minimum Gasteiger partial charge on any atom is -0.406 e. The number of benzene rings is 2. The molecule has 0 aliphatic heterocycles. The summed E-state index contributed by atoms with van der Waals surface area (Å²) in [7, 11) is 0. The molecular formula is C17H10F3NO2. The summed E-state index contributed by atoms with van der Waals surface area (Å²) in [4.78, 5) is 12.0. The number of allylic oxidation sites excluding steroid dienone is 1. The van der Waals surface area contributed by atoms with Gasteiger partial charge in [-0.3, -0.25) is 4.79 Å². The Hall–Kier alpha value is -3.07. The number of carbonyl (C=O) groups excluding carboxylic acids is 1. The number of ether oxygens (including phenoxy) is 1. The molecule has 0 N–H and O–H groups in total. The highest BCUT2D eigenvalue weighted by Crippen LogP contribution is 2.23. The van der Waals surface area contributed by atoms with Crippen LogP contribution in [0.1, 0.15) is 21.5 Å². The van der Waals surface area contributed by atoms with E-state index in [0.717, 1.165) is 12.1 Å². The van der Waals surface area contributed by atoms with Crippen LogP contribution in [0, 0.1) is 11.3 Å². The van der Waals surface area contributed by atoms with Gasteiger partial charge in [-0.1, -0.05) is 18.2 Å². The van der Waals surface area contributed by atoms with E-state index in [1.165, 1.54) is 24.3 Å². The molecule has 3 nitrogen and oxygen atoms in total. The zero-order chi connectivity index (χ0) is 16.9. The van der Waals surface area contributed by atoms with Crippen LogP contribution in [0.5, 0.6) is 5.75 Å². The molecule has 0 radical (unpaired) electrons. The van der Waals surface area contributed by atoms with Gasteiger partial charge in [0.15, 0.2) is 5.78 Å². The third kappa shape index (κ3) is 5.00. The average Bonchev–Trinajstić information content (AvgIpc) is 2.52. The van der Waals surface area contributed by atoms with E-state index in [4.69, 9.17) is 5.26 Å². The maximum Gasteiger partial charge on any atom is 0.573 e. The monoisotopic (exact) mass is 317 g/mol. The molecular weight excluding hydrogens is 307 g/mol. The van der Waals surface area contributed by atoms with Crippen molar-refractivity contribution in [2.24, 2.45) is 0 Å². The van der Waals surface area contributed by atoms with E-state index in [1.807, 2.05) is 6.07 Å². The van der Waals surface area contributed by atoms with Crippen LogP contribution < -0.4 is 4.74 Å². The number of nitriles is 1. The standard InChI is InChI=1S/C17H10F3NO2/c18-17(19,20)23-15-7-5-14(6-8-15)16(22)9-4-12-2-1-3-13(10-12)11-21/h1-10H/b9-4+. The lowest BCUT2D eigenvalue weighted by atomic mass is 10.1. The van der Waals surface area contributed by atoms with Gasteiger partial charge >= 0.3 is 6.36 Å². The van der Waals surface area contributed by atoms with Crippen molar-refractivity contribution in [3.8, 4) is 11.8 Å². The maximum atomic E-state index is 12.0. The van der Waals surface area contributed by atoms with Gasteiger partial charge in [0.05, 0.1) is 11.6 Å². The first-order chi connectivity index (χ1) is 10.9. The molecule has 0 amide bonds. The van der Waals surface area contributed by atoms with Gasteiger partial charge in [-0.2, -0.15) is 5.26 Å². The summed E-state index contributed by atoms with van der Waals surface area (Å²) >= 11 is 0. The van der Waals surface area contributed by atoms with Crippen molar-refractivity contribution >= 4 is 11.9 Å². The zero-order valence-electron chi connectivity index (χ0n) is 11.7. The van der Waals surface area contributed by atoms with Crippen LogP contribution in [-0.2, 0) is 0 Å². The molecule has 0 aromatic heterocycles. The first kappa shape index (κ1) is 16.3. The smallest absolute Gasteiger partial charge is 0.406 e. The number of alkyl halides is 3. The second-order valence-corrected chi connectivity index (χ2v) is 4.51. The van der Waals surface area contributed by atoms with Crippen LogP contribution >= 0.6 is 0 Å². The highest BCUT2D eigenvalue weighted by atomic mass is 19.4. The average molecular weight is 317 g/mol. The van der Waals surface area contributed by atoms with E-state index in [-0.39, 0.29) is 17.1 Å². The lowest BCUT2D eigenvalue weighted by molar-refractivity contribution is -0.274. The molecule has 2 aromatic rings. The van der Waals surface area contributed by atoms with Gasteiger partial charge in [0.2, 0.25) is 0 Å². The van der Waals surface area contributed by atoms with E-state index in [1.54, 1.807) is 24.3 Å². The van der Waals surface area contributed by atoms with Gasteiger partial charge in [0.1, 0.15) is 5.75 Å². The Balaban J connectivity index is 2.08. The van der Waals surface area contributed by atoms with Crippen LogP contribution in [0.2, 0.25) is 0 Å². The highest BCUT2D eigenvalue weighted by Gasteiger charge is 2.30. The van der Waals surface area contributed by atoms with Gasteiger partial charge < -0.3 is 4.74 Å². The summed E-state index contributed by atoms with van der Waals surface area (Å²) in [5, 5.41) is 8.79.